The number of aromatic amines is 1. The minimum Gasteiger partial charge on any atom is -0.347 e. The smallest absolute Gasteiger partial charge is 0.240 e. The molecule has 0 spiro atoms. The monoisotopic (exact) mass is 315 g/mol. The summed E-state index contributed by atoms with van der Waals surface area (Å²) < 4.78 is 49.0. The summed E-state index contributed by atoms with van der Waals surface area (Å²) in [5.74, 6) is 0. The Morgan fingerprint density at radius 1 is 1.10 bits per heavy atom. The SMILES string of the molecule is CS(=O)(=O)c1ccc(S(=O)(=O)NCc2cnc[nH]2)cc1. The van der Waals surface area contributed by atoms with Gasteiger partial charge in [0.05, 0.1) is 22.7 Å². The van der Waals surface area contributed by atoms with Crippen LogP contribution in [0.5, 0.6) is 0 Å². The molecule has 0 aliphatic rings. The van der Waals surface area contributed by atoms with E-state index in [0.29, 0.717) is 5.69 Å². The van der Waals surface area contributed by atoms with Crippen molar-refractivity contribution in [3.63, 3.8) is 0 Å². The summed E-state index contributed by atoms with van der Waals surface area (Å²) in [5.41, 5.74) is 0.626. The molecule has 0 saturated carbocycles. The zero-order chi connectivity index (χ0) is 14.8. The molecule has 2 rings (SSSR count). The van der Waals surface area contributed by atoms with Crippen LogP contribution in [0.4, 0.5) is 0 Å². The number of H-pyrrole nitrogens is 1. The van der Waals surface area contributed by atoms with Crippen LogP contribution in [0, 0.1) is 0 Å². The fourth-order valence-electron chi connectivity index (χ4n) is 1.50. The fraction of sp³-hybridized carbons (Fsp3) is 0.182. The fourth-order valence-corrected chi connectivity index (χ4v) is 3.14. The summed E-state index contributed by atoms with van der Waals surface area (Å²) in [4.78, 5) is 6.63. The van der Waals surface area contributed by atoms with Crippen molar-refractivity contribution < 1.29 is 16.8 Å². The summed E-state index contributed by atoms with van der Waals surface area (Å²) in [7, 11) is -7.03. The minimum atomic E-state index is -3.69. The van der Waals surface area contributed by atoms with Crippen LogP contribution in [0.25, 0.3) is 0 Å². The van der Waals surface area contributed by atoms with Crippen LogP contribution in [0.1, 0.15) is 5.69 Å². The molecule has 0 fully saturated rings. The Morgan fingerprint density at radius 2 is 1.70 bits per heavy atom. The molecule has 0 aliphatic carbocycles. The van der Waals surface area contributed by atoms with Gasteiger partial charge in [0.25, 0.3) is 0 Å². The Kier molecular flexibility index (Phi) is 3.93. The normalized spacial score (nSPS) is 12.4. The molecular weight excluding hydrogens is 302 g/mol. The zero-order valence-electron chi connectivity index (χ0n) is 10.6. The Bertz CT molecular complexity index is 779. The van der Waals surface area contributed by atoms with Crippen molar-refractivity contribution in [2.45, 2.75) is 16.3 Å². The Hall–Kier alpha value is -1.71. The molecule has 1 heterocycles. The van der Waals surface area contributed by atoms with Crippen molar-refractivity contribution in [2.24, 2.45) is 0 Å². The van der Waals surface area contributed by atoms with Crippen LogP contribution >= 0.6 is 0 Å². The first kappa shape index (κ1) is 14.7. The zero-order valence-corrected chi connectivity index (χ0v) is 12.2. The van der Waals surface area contributed by atoms with Crippen molar-refractivity contribution in [3.8, 4) is 0 Å². The lowest BCUT2D eigenvalue weighted by atomic mass is 10.4. The molecule has 0 atom stereocenters. The summed E-state index contributed by atoms with van der Waals surface area (Å²) in [6.07, 6.45) is 4.02. The second-order valence-corrected chi connectivity index (χ2v) is 7.93. The lowest BCUT2D eigenvalue weighted by Gasteiger charge is -2.06. The van der Waals surface area contributed by atoms with Crippen molar-refractivity contribution >= 4 is 19.9 Å². The summed E-state index contributed by atoms with van der Waals surface area (Å²) in [6.45, 7) is 0.0795. The van der Waals surface area contributed by atoms with Gasteiger partial charge < -0.3 is 4.98 Å². The number of sulfone groups is 1. The number of nitrogens with zero attached hydrogens (tertiary/aromatic N) is 1. The molecule has 0 bridgehead atoms. The molecular formula is C11H13N3O4S2. The number of rotatable bonds is 5. The molecule has 0 radical (unpaired) electrons. The van der Waals surface area contributed by atoms with Gasteiger partial charge in [0.1, 0.15) is 0 Å². The van der Waals surface area contributed by atoms with E-state index in [1.165, 1.54) is 36.8 Å². The van der Waals surface area contributed by atoms with Gasteiger partial charge in [0.2, 0.25) is 10.0 Å². The lowest BCUT2D eigenvalue weighted by molar-refractivity contribution is 0.580. The topological polar surface area (TPSA) is 109 Å². The summed E-state index contributed by atoms with van der Waals surface area (Å²) in [5, 5.41) is 0. The summed E-state index contributed by atoms with van der Waals surface area (Å²) in [6, 6.07) is 5.04. The molecule has 2 N–H and O–H groups in total. The number of hydrogen-bond donors (Lipinski definition) is 2. The van der Waals surface area contributed by atoms with Gasteiger partial charge in [-0.1, -0.05) is 0 Å². The highest BCUT2D eigenvalue weighted by molar-refractivity contribution is 7.90. The van der Waals surface area contributed by atoms with E-state index in [9.17, 15) is 16.8 Å². The van der Waals surface area contributed by atoms with Gasteiger partial charge in [-0.3, -0.25) is 0 Å². The molecule has 0 aliphatic heterocycles. The van der Waals surface area contributed by atoms with Crippen LogP contribution in [-0.4, -0.2) is 33.1 Å². The first-order valence-electron chi connectivity index (χ1n) is 5.56. The third kappa shape index (κ3) is 3.44. The van der Waals surface area contributed by atoms with Crippen LogP contribution in [0.3, 0.4) is 0 Å². The van der Waals surface area contributed by atoms with Crippen LogP contribution in [-0.2, 0) is 26.4 Å². The standard InChI is InChI=1S/C11H13N3O4S2/c1-19(15,16)10-2-4-11(5-3-10)20(17,18)14-7-9-6-12-8-13-9/h2-6,8,14H,7H2,1H3,(H,12,13). The number of sulfonamides is 1. The maximum atomic E-state index is 12.0. The van der Waals surface area contributed by atoms with Gasteiger partial charge in [-0.2, -0.15) is 0 Å². The molecule has 2 aromatic rings. The number of nitrogens with one attached hydrogen (secondary N) is 2. The highest BCUT2D eigenvalue weighted by Crippen LogP contribution is 2.14. The van der Waals surface area contributed by atoms with Gasteiger partial charge in [-0.05, 0) is 24.3 Å². The van der Waals surface area contributed by atoms with Crippen LogP contribution < -0.4 is 4.72 Å². The molecule has 108 valence electrons. The van der Waals surface area contributed by atoms with E-state index in [2.05, 4.69) is 14.7 Å². The maximum absolute atomic E-state index is 12.0. The molecule has 1 aromatic heterocycles. The van der Waals surface area contributed by atoms with E-state index >= 15 is 0 Å². The van der Waals surface area contributed by atoms with Gasteiger partial charge in [0, 0.05) is 18.1 Å². The third-order valence-corrected chi connectivity index (χ3v) is 5.12. The number of aromatic nitrogens is 2. The molecule has 0 saturated heterocycles. The van der Waals surface area contributed by atoms with Crippen LogP contribution in [0.2, 0.25) is 0 Å². The predicted molar refractivity (Wildman–Crippen MR) is 72.2 cm³/mol. The molecule has 0 amide bonds. The minimum absolute atomic E-state index is 0.00409. The van der Waals surface area contributed by atoms with Crippen molar-refractivity contribution in [3.05, 3.63) is 42.5 Å². The third-order valence-electron chi connectivity index (χ3n) is 2.57. The van der Waals surface area contributed by atoms with Gasteiger partial charge in [0.15, 0.2) is 9.84 Å². The van der Waals surface area contributed by atoms with E-state index in [1.807, 2.05) is 0 Å². The molecule has 20 heavy (non-hydrogen) atoms. The Balaban J connectivity index is 2.17. The lowest BCUT2D eigenvalue weighted by Crippen LogP contribution is -2.23. The molecule has 9 heteroatoms. The second-order valence-electron chi connectivity index (χ2n) is 4.14. The van der Waals surface area contributed by atoms with Crippen LogP contribution in [0.15, 0.2) is 46.6 Å². The highest BCUT2D eigenvalue weighted by Gasteiger charge is 2.15. The van der Waals surface area contributed by atoms with E-state index in [1.54, 1.807) is 0 Å². The Morgan fingerprint density at radius 3 is 2.20 bits per heavy atom. The number of imidazole rings is 1. The van der Waals surface area contributed by atoms with E-state index < -0.39 is 19.9 Å². The van der Waals surface area contributed by atoms with Crippen molar-refractivity contribution in [2.75, 3.05) is 6.26 Å². The average Bonchev–Trinajstić information content (AvgIpc) is 2.89. The van der Waals surface area contributed by atoms with E-state index in [-0.39, 0.29) is 16.3 Å². The second kappa shape index (κ2) is 5.35. The summed E-state index contributed by atoms with van der Waals surface area (Å²) >= 11 is 0. The quantitative estimate of drug-likeness (QED) is 0.824. The van der Waals surface area contributed by atoms with Gasteiger partial charge in [-0.15, -0.1) is 0 Å². The number of benzene rings is 1. The highest BCUT2D eigenvalue weighted by atomic mass is 32.2. The van der Waals surface area contributed by atoms with E-state index in [4.69, 9.17) is 0 Å². The first-order valence-corrected chi connectivity index (χ1v) is 8.93. The first-order chi connectivity index (χ1) is 9.29. The van der Waals surface area contributed by atoms with Crippen molar-refractivity contribution in [1.29, 1.82) is 0 Å². The Labute approximate surface area is 117 Å². The number of hydrogen-bond acceptors (Lipinski definition) is 5. The predicted octanol–water partition coefficient (Wildman–Crippen LogP) is 0.292. The van der Waals surface area contributed by atoms with Crippen molar-refractivity contribution in [1.82, 2.24) is 14.7 Å². The van der Waals surface area contributed by atoms with Gasteiger partial charge >= 0.3 is 0 Å². The molecule has 0 unspecified atom stereocenters. The maximum Gasteiger partial charge on any atom is 0.240 e. The average molecular weight is 315 g/mol. The molecule has 7 nitrogen and oxygen atoms in total. The molecule has 1 aromatic carbocycles. The van der Waals surface area contributed by atoms with E-state index in [0.717, 1.165) is 6.26 Å². The largest absolute Gasteiger partial charge is 0.347 e. The van der Waals surface area contributed by atoms with Gasteiger partial charge in [-0.25, -0.2) is 26.5 Å².